The Morgan fingerprint density at radius 1 is 0.769 bits per heavy atom. The Hall–Kier alpha value is -1.51. The van der Waals surface area contributed by atoms with Gasteiger partial charge >= 0.3 is 35.6 Å². The van der Waals surface area contributed by atoms with Crippen molar-refractivity contribution < 1.29 is 17.0 Å². The molecule has 4 heteroatoms. The number of fused-ring (bicyclic) bond motifs is 1. The zero-order valence-electron chi connectivity index (χ0n) is 14.1. The molecule has 0 spiro atoms. The molecule has 0 heterocycles. The van der Waals surface area contributed by atoms with Crippen molar-refractivity contribution in [3.63, 3.8) is 0 Å². The Morgan fingerprint density at radius 3 is 2.15 bits per heavy atom. The summed E-state index contributed by atoms with van der Waals surface area (Å²) in [6.45, 7) is 0.715. The predicted molar refractivity (Wildman–Crippen MR) is 109 cm³/mol. The fourth-order valence-corrected chi connectivity index (χ4v) is 3.21. The number of para-hydroxylation sites is 1. The molecule has 1 nitrogen and oxygen atoms in total. The van der Waals surface area contributed by atoms with Crippen molar-refractivity contribution in [2.45, 2.75) is 12.5 Å². The van der Waals surface area contributed by atoms with Crippen molar-refractivity contribution >= 4 is 30.4 Å². The Balaban J connectivity index is 0.000000613. The van der Waals surface area contributed by atoms with Crippen molar-refractivity contribution in [3.05, 3.63) is 113 Å². The van der Waals surface area contributed by atoms with Gasteiger partial charge in [0, 0.05) is 5.92 Å². The number of hydrogen-bond donors (Lipinski definition) is 0. The monoisotopic (exact) mass is 414 g/mol. The van der Waals surface area contributed by atoms with Gasteiger partial charge in [0.1, 0.15) is 0 Å². The van der Waals surface area contributed by atoms with Crippen LogP contribution in [0.15, 0.2) is 84.9 Å². The van der Waals surface area contributed by atoms with E-state index >= 15 is 0 Å². The van der Waals surface area contributed by atoms with E-state index in [2.05, 4.69) is 60.7 Å². The van der Waals surface area contributed by atoms with Crippen LogP contribution < -0.4 is 0 Å². The molecule has 0 saturated carbocycles. The van der Waals surface area contributed by atoms with Crippen LogP contribution in [0.4, 0.5) is 5.69 Å². The van der Waals surface area contributed by atoms with Gasteiger partial charge in [0.2, 0.25) is 0 Å². The molecular weight excluding hydrogens is 397 g/mol. The normalized spacial score (nSPS) is 14.2. The van der Waals surface area contributed by atoms with Gasteiger partial charge in [-0.3, -0.25) is 0 Å². The molecule has 0 aromatic heterocycles. The number of nitrogens with zero attached hydrogens (tertiary/aromatic N) is 1. The molecule has 1 aliphatic rings. The van der Waals surface area contributed by atoms with Crippen LogP contribution in [-0.2, 0) is 23.6 Å². The number of halogens is 2. The molecule has 0 bridgehead atoms. The summed E-state index contributed by atoms with van der Waals surface area (Å²) in [6, 6.07) is 27.4. The van der Waals surface area contributed by atoms with Crippen LogP contribution in [0, 0.1) is 0 Å². The zero-order chi connectivity index (χ0) is 18.2. The number of allylic oxidation sites excluding steroid dienone is 1. The first-order chi connectivity index (χ1) is 12.8. The Labute approximate surface area is 171 Å². The van der Waals surface area contributed by atoms with Gasteiger partial charge in [0.15, 0.2) is 0 Å². The van der Waals surface area contributed by atoms with E-state index in [1.807, 2.05) is 30.3 Å². The summed E-state index contributed by atoms with van der Waals surface area (Å²) in [7, 11) is 9.78. The minimum absolute atomic E-state index is 0.341. The molecule has 0 fully saturated rings. The maximum absolute atomic E-state index is 4.89. The van der Waals surface area contributed by atoms with Gasteiger partial charge in [-0.05, 0) is 16.7 Å². The first-order valence-corrected chi connectivity index (χ1v) is 12.7. The second-order valence-corrected chi connectivity index (χ2v) is 8.47. The van der Waals surface area contributed by atoms with E-state index in [9.17, 15) is 0 Å². The summed E-state index contributed by atoms with van der Waals surface area (Å²) in [5.41, 5.74) is 6.40. The molecule has 0 aliphatic heterocycles. The summed E-state index contributed by atoms with van der Waals surface area (Å²) in [5.74, 6) is 0.341. The van der Waals surface area contributed by atoms with E-state index in [1.54, 1.807) is 0 Å². The molecule has 26 heavy (non-hydrogen) atoms. The summed E-state index contributed by atoms with van der Waals surface area (Å²) in [6.07, 6.45) is 4.52. The third-order valence-corrected chi connectivity index (χ3v) is 4.38. The second-order valence-electron chi connectivity index (χ2n) is 5.89. The van der Waals surface area contributed by atoms with Gasteiger partial charge in [-0.2, -0.15) is 0 Å². The van der Waals surface area contributed by atoms with Crippen molar-refractivity contribution in [2.24, 2.45) is 0 Å². The third kappa shape index (κ3) is 4.81. The summed E-state index contributed by atoms with van der Waals surface area (Å²) in [4.78, 5) is 0. The van der Waals surface area contributed by atoms with Gasteiger partial charge in [0.25, 0.3) is 0 Å². The molecule has 1 aliphatic carbocycles. The van der Waals surface area contributed by atoms with Crippen LogP contribution in [0.2, 0.25) is 0 Å². The average molecular weight is 415 g/mol. The second kappa shape index (κ2) is 9.99. The van der Waals surface area contributed by atoms with E-state index in [4.69, 9.17) is 23.9 Å². The molecule has 1 unspecified atom stereocenters. The number of benzene rings is 3. The predicted octanol–water partition coefficient (Wildman–Crippen LogP) is 7.43. The van der Waals surface area contributed by atoms with Gasteiger partial charge in [-0.15, -0.1) is 12.2 Å². The van der Waals surface area contributed by atoms with Crippen LogP contribution in [-0.4, -0.2) is 0 Å². The number of hydrogen-bond acceptors (Lipinski definition) is 0. The molecule has 0 saturated heterocycles. The molecule has 1 atom stereocenters. The van der Waals surface area contributed by atoms with Crippen molar-refractivity contribution in [1.82, 2.24) is 0 Å². The summed E-state index contributed by atoms with van der Waals surface area (Å²) in [5, 5.41) is 4.74. The number of rotatable bonds is 4. The topological polar surface area (TPSA) is 14.1 Å². The Kier molecular flexibility index (Phi) is 7.40. The van der Waals surface area contributed by atoms with Gasteiger partial charge in [-0.25, -0.2) is 0 Å². The summed E-state index contributed by atoms with van der Waals surface area (Å²) < 4.78 is 0. The molecule has 130 valence electrons. The maximum atomic E-state index is 4.89. The first kappa shape index (κ1) is 19.3. The van der Waals surface area contributed by atoms with E-state index in [0.717, 1.165) is 5.69 Å². The van der Waals surface area contributed by atoms with Gasteiger partial charge in [0.05, 0.1) is 0 Å². The zero-order valence-corrected chi connectivity index (χ0v) is 17.2. The molecule has 0 N–H and O–H groups in total. The molecule has 0 radical (unpaired) electrons. The molecule has 3 aromatic carbocycles. The quantitative estimate of drug-likeness (QED) is 0.394. The Bertz CT molecular complexity index is 865. The van der Waals surface area contributed by atoms with E-state index < -0.39 is 17.0 Å². The van der Waals surface area contributed by atoms with Crippen molar-refractivity contribution in [3.8, 4) is 0 Å². The standard InChI is InChI=1S/C22H18N.2ClH.Ti/c1-2-10-19(11-3-1)23-16-18-9-5-7-13-21(18)22-15-14-17-8-4-6-12-20(17)22;;;/h1-15,22H,16H2;2*1H;/q-1;;;+2/p-2. The fourth-order valence-electron chi connectivity index (χ4n) is 3.21. The Morgan fingerprint density at radius 2 is 1.38 bits per heavy atom. The van der Waals surface area contributed by atoms with Crippen LogP contribution in [0.5, 0.6) is 0 Å². The van der Waals surface area contributed by atoms with Crippen LogP contribution in [0.1, 0.15) is 28.2 Å². The van der Waals surface area contributed by atoms with Crippen molar-refractivity contribution in [1.29, 1.82) is 0 Å². The van der Waals surface area contributed by atoms with Gasteiger partial charge < -0.3 is 5.32 Å². The fraction of sp³-hybridized carbons (Fsp3) is 0.0909. The minimum atomic E-state index is -0.556. The van der Waals surface area contributed by atoms with Crippen LogP contribution in [0.25, 0.3) is 11.4 Å². The molecular formula is C22H18Cl2NTi-. The van der Waals surface area contributed by atoms with E-state index in [1.165, 1.54) is 22.3 Å². The SMILES string of the molecule is C1=CC(c2ccccc2C[N-]c2ccccc2)c2ccccc21.[Cl][Ti][Cl]. The molecule has 4 rings (SSSR count). The molecule has 0 amide bonds. The summed E-state index contributed by atoms with van der Waals surface area (Å²) >= 11 is -0.556. The van der Waals surface area contributed by atoms with Gasteiger partial charge in [-0.1, -0.05) is 96.6 Å². The van der Waals surface area contributed by atoms with E-state index in [0.29, 0.717) is 12.5 Å². The average Bonchev–Trinajstić information content (AvgIpc) is 3.12. The van der Waals surface area contributed by atoms with Crippen LogP contribution in [0.3, 0.4) is 0 Å². The molecule has 3 aromatic rings. The van der Waals surface area contributed by atoms with E-state index in [-0.39, 0.29) is 0 Å². The third-order valence-electron chi connectivity index (χ3n) is 4.38. The van der Waals surface area contributed by atoms with Crippen molar-refractivity contribution in [2.75, 3.05) is 0 Å². The van der Waals surface area contributed by atoms with Crippen LogP contribution >= 0.6 is 18.6 Å². The first-order valence-electron chi connectivity index (χ1n) is 8.37.